The summed E-state index contributed by atoms with van der Waals surface area (Å²) >= 11 is 7.60. The lowest BCUT2D eigenvalue weighted by molar-refractivity contribution is -0.141. The lowest BCUT2D eigenvalue weighted by atomic mass is 10.0. The van der Waals surface area contributed by atoms with Crippen LogP contribution in [0.1, 0.15) is 43.9 Å². The smallest absolute Gasteiger partial charge is 0.243 e. The fourth-order valence-corrected chi connectivity index (χ4v) is 4.79. The van der Waals surface area contributed by atoms with Gasteiger partial charge in [0.1, 0.15) is 6.04 Å². The first kappa shape index (κ1) is 27.8. The van der Waals surface area contributed by atoms with E-state index >= 15 is 0 Å². The molecule has 0 spiro atoms. The normalized spacial score (nSPS) is 12.1. The number of halogens is 1. The van der Waals surface area contributed by atoms with Crippen molar-refractivity contribution >= 4 is 35.2 Å². The van der Waals surface area contributed by atoms with Gasteiger partial charge in [-0.2, -0.15) is 0 Å². The third kappa shape index (κ3) is 9.03. The maximum atomic E-state index is 13.7. The summed E-state index contributed by atoms with van der Waals surface area (Å²) in [4.78, 5) is 30.0. The van der Waals surface area contributed by atoms with Crippen molar-refractivity contribution < 1.29 is 9.59 Å². The largest absolute Gasteiger partial charge is 0.350 e. The van der Waals surface area contributed by atoms with Crippen LogP contribution in [0.15, 0.2) is 83.8 Å². The van der Waals surface area contributed by atoms with E-state index in [1.807, 2.05) is 107 Å². The van der Waals surface area contributed by atoms with Gasteiger partial charge in [0, 0.05) is 40.6 Å². The van der Waals surface area contributed by atoms with E-state index in [2.05, 4.69) is 5.32 Å². The molecular weight excluding hydrogens is 488 g/mol. The van der Waals surface area contributed by atoms with Crippen LogP contribution in [0, 0.1) is 6.92 Å². The molecule has 0 bridgehead atoms. The molecule has 0 saturated heterocycles. The Kier molecular flexibility index (Phi) is 10.0. The number of hydrogen-bond acceptors (Lipinski definition) is 3. The fourth-order valence-electron chi connectivity index (χ4n) is 3.83. The zero-order chi connectivity index (χ0) is 26.1. The van der Waals surface area contributed by atoms with Crippen molar-refractivity contribution in [2.24, 2.45) is 0 Å². The highest BCUT2D eigenvalue weighted by Crippen LogP contribution is 2.23. The number of aryl methyl sites for hydroxylation is 1. The molecule has 0 saturated carbocycles. The second-order valence-electron chi connectivity index (χ2n) is 10.0. The standard InChI is InChI=1S/C30H35ClN2O2S/c1-22-10-12-24(13-11-22)21-33(28(34)18-19-36-26-16-14-25(31)15-17-26)27(29(35)32-30(2,3)4)20-23-8-6-5-7-9-23/h5-17,27H,18-21H2,1-4H3,(H,32,35)/t27-/m0/s1. The number of benzene rings is 3. The molecule has 1 atom stereocenters. The van der Waals surface area contributed by atoms with Gasteiger partial charge >= 0.3 is 0 Å². The molecule has 3 aromatic carbocycles. The minimum absolute atomic E-state index is 0.0398. The van der Waals surface area contributed by atoms with Crippen LogP contribution in [0.5, 0.6) is 0 Å². The van der Waals surface area contributed by atoms with Crippen LogP contribution in [0.3, 0.4) is 0 Å². The number of carbonyl (C=O) groups is 2. The Morgan fingerprint density at radius 1 is 0.917 bits per heavy atom. The van der Waals surface area contributed by atoms with Crippen LogP contribution in [-0.4, -0.2) is 34.0 Å². The summed E-state index contributed by atoms with van der Waals surface area (Å²) in [6.45, 7) is 8.29. The van der Waals surface area contributed by atoms with Crippen LogP contribution >= 0.6 is 23.4 Å². The summed E-state index contributed by atoms with van der Waals surface area (Å²) < 4.78 is 0. The third-order valence-corrected chi connectivity index (χ3v) is 6.91. The fraction of sp³-hybridized carbons (Fsp3) is 0.333. The van der Waals surface area contributed by atoms with E-state index in [0.29, 0.717) is 30.2 Å². The SMILES string of the molecule is Cc1ccc(CN(C(=O)CCSc2ccc(Cl)cc2)[C@@H](Cc2ccccc2)C(=O)NC(C)(C)C)cc1. The Hall–Kier alpha value is -2.76. The van der Waals surface area contributed by atoms with Gasteiger partial charge in [-0.25, -0.2) is 0 Å². The second kappa shape index (κ2) is 13.0. The Labute approximate surface area is 224 Å². The van der Waals surface area contributed by atoms with E-state index in [0.717, 1.165) is 21.6 Å². The molecule has 6 heteroatoms. The summed E-state index contributed by atoms with van der Waals surface area (Å²) in [5.74, 6) is 0.434. The van der Waals surface area contributed by atoms with Gasteiger partial charge in [0.05, 0.1) is 0 Å². The molecule has 4 nitrogen and oxygen atoms in total. The Bertz CT molecular complexity index is 1130. The summed E-state index contributed by atoms with van der Waals surface area (Å²) in [5, 5.41) is 3.79. The van der Waals surface area contributed by atoms with E-state index in [1.165, 1.54) is 0 Å². The summed E-state index contributed by atoms with van der Waals surface area (Å²) in [6.07, 6.45) is 0.776. The van der Waals surface area contributed by atoms with Crippen LogP contribution in [0.25, 0.3) is 0 Å². The first-order valence-electron chi connectivity index (χ1n) is 12.2. The number of amides is 2. The highest BCUT2D eigenvalue weighted by Gasteiger charge is 2.32. The molecule has 0 aliphatic rings. The topological polar surface area (TPSA) is 49.4 Å². The van der Waals surface area contributed by atoms with Gasteiger partial charge in [-0.05, 0) is 63.1 Å². The van der Waals surface area contributed by atoms with Gasteiger partial charge in [0.25, 0.3) is 0 Å². The monoisotopic (exact) mass is 522 g/mol. The molecule has 2 amide bonds. The number of hydrogen-bond donors (Lipinski definition) is 1. The average molecular weight is 523 g/mol. The van der Waals surface area contributed by atoms with Crippen molar-refractivity contribution in [2.75, 3.05) is 5.75 Å². The first-order chi connectivity index (χ1) is 17.1. The number of thioether (sulfide) groups is 1. The lowest BCUT2D eigenvalue weighted by Gasteiger charge is -2.34. The van der Waals surface area contributed by atoms with E-state index in [4.69, 9.17) is 11.6 Å². The van der Waals surface area contributed by atoms with Gasteiger partial charge in [-0.3, -0.25) is 9.59 Å². The molecule has 3 rings (SSSR count). The van der Waals surface area contributed by atoms with Crippen molar-refractivity contribution in [3.05, 3.63) is 101 Å². The minimum Gasteiger partial charge on any atom is -0.350 e. The molecule has 36 heavy (non-hydrogen) atoms. The van der Waals surface area contributed by atoms with Crippen molar-refractivity contribution in [1.29, 1.82) is 0 Å². The Morgan fingerprint density at radius 3 is 2.17 bits per heavy atom. The Balaban J connectivity index is 1.85. The molecule has 3 aromatic rings. The van der Waals surface area contributed by atoms with Gasteiger partial charge < -0.3 is 10.2 Å². The average Bonchev–Trinajstić information content (AvgIpc) is 2.83. The zero-order valence-electron chi connectivity index (χ0n) is 21.5. The maximum Gasteiger partial charge on any atom is 0.243 e. The molecule has 0 unspecified atom stereocenters. The van der Waals surface area contributed by atoms with Crippen molar-refractivity contribution in [2.45, 2.75) is 63.6 Å². The van der Waals surface area contributed by atoms with E-state index in [1.54, 1.807) is 16.7 Å². The molecular formula is C30H35ClN2O2S. The summed E-state index contributed by atoms with van der Waals surface area (Å²) in [7, 11) is 0. The van der Waals surface area contributed by atoms with Crippen LogP contribution in [-0.2, 0) is 22.6 Å². The highest BCUT2D eigenvalue weighted by molar-refractivity contribution is 7.99. The molecule has 0 aliphatic heterocycles. The van der Waals surface area contributed by atoms with Crippen molar-refractivity contribution in [1.82, 2.24) is 10.2 Å². The molecule has 0 fully saturated rings. The number of nitrogens with zero attached hydrogens (tertiary/aromatic N) is 1. The first-order valence-corrected chi connectivity index (χ1v) is 13.6. The zero-order valence-corrected chi connectivity index (χ0v) is 23.0. The summed E-state index contributed by atoms with van der Waals surface area (Å²) in [5.41, 5.74) is 2.77. The van der Waals surface area contributed by atoms with Crippen LogP contribution in [0.2, 0.25) is 5.02 Å². The third-order valence-electron chi connectivity index (χ3n) is 5.64. The number of carbonyl (C=O) groups excluding carboxylic acids is 2. The van der Waals surface area contributed by atoms with Gasteiger partial charge in [-0.15, -0.1) is 11.8 Å². The molecule has 0 heterocycles. The maximum absolute atomic E-state index is 13.7. The predicted octanol–water partition coefficient (Wildman–Crippen LogP) is 6.69. The van der Waals surface area contributed by atoms with Crippen LogP contribution < -0.4 is 5.32 Å². The minimum atomic E-state index is -0.624. The molecule has 0 aromatic heterocycles. The molecule has 1 N–H and O–H groups in total. The second-order valence-corrected chi connectivity index (χ2v) is 11.6. The number of rotatable bonds is 10. The predicted molar refractivity (Wildman–Crippen MR) is 150 cm³/mol. The van der Waals surface area contributed by atoms with E-state index < -0.39 is 11.6 Å². The highest BCUT2D eigenvalue weighted by atomic mass is 35.5. The van der Waals surface area contributed by atoms with Crippen molar-refractivity contribution in [3.8, 4) is 0 Å². The lowest BCUT2D eigenvalue weighted by Crippen LogP contribution is -2.54. The quantitative estimate of drug-likeness (QED) is 0.302. The molecule has 0 radical (unpaired) electrons. The van der Waals surface area contributed by atoms with Gasteiger partial charge in [0.2, 0.25) is 11.8 Å². The van der Waals surface area contributed by atoms with Crippen LogP contribution in [0.4, 0.5) is 0 Å². The Morgan fingerprint density at radius 2 is 1.56 bits per heavy atom. The molecule has 0 aliphatic carbocycles. The van der Waals surface area contributed by atoms with E-state index in [9.17, 15) is 9.59 Å². The number of nitrogens with one attached hydrogen (secondary N) is 1. The van der Waals surface area contributed by atoms with Gasteiger partial charge in [0.15, 0.2) is 0 Å². The summed E-state index contributed by atoms with van der Waals surface area (Å²) in [6, 6.07) is 25.0. The molecule has 190 valence electrons. The van der Waals surface area contributed by atoms with Crippen molar-refractivity contribution in [3.63, 3.8) is 0 Å². The van der Waals surface area contributed by atoms with E-state index in [-0.39, 0.29) is 11.8 Å². The van der Waals surface area contributed by atoms with Gasteiger partial charge in [-0.1, -0.05) is 71.8 Å².